The molecule has 2 heterocycles. The Hall–Kier alpha value is -1.55. The van der Waals surface area contributed by atoms with Crippen molar-refractivity contribution in [3.8, 4) is 0 Å². The molecule has 156 valence electrons. The van der Waals surface area contributed by atoms with E-state index in [9.17, 15) is 25.5 Å². The quantitative estimate of drug-likeness (QED) is 0.493. The Morgan fingerprint density at radius 1 is 1.10 bits per heavy atom. The highest BCUT2D eigenvalue weighted by atomic mass is 35.5. The third-order valence-electron chi connectivity index (χ3n) is 5.81. The Balaban J connectivity index is 1.76. The van der Waals surface area contributed by atoms with Gasteiger partial charge in [-0.2, -0.15) is 0 Å². The number of aliphatic hydroxyl groups is 5. The molecule has 2 bridgehead atoms. The lowest BCUT2D eigenvalue weighted by Crippen LogP contribution is -2.65. The fourth-order valence-electron chi connectivity index (χ4n) is 3.97. The van der Waals surface area contributed by atoms with Gasteiger partial charge in [0, 0.05) is 16.1 Å². The molecule has 7 nitrogen and oxygen atoms in total. The number of halogens is 1. The summed E-state index contributed by atoms with van der Waals surface area (Å²) in [5, 5.41) is 52.2. The van der Waals surface area contributed by atoms with E-state index in [0.29, 0.717) is 21.7 Å². The van der Waals surface area contributed by atoms with E-state index in [1.165, 1.54) is 12.1 Å². The minimum absolute atomic E-state index is 0.225. The van der Waals surface area contributed by atoms with Crippen molar-refractivity contribution >= 4 is 11.6 Å². The van der Waals surface area contributed by atoms with E-state index in [4.69, 9.17) is 21.1 Å². The largest absolute Gasteiger partial charge is 0.393 e. The van der Waals surface area contributed by atoms with Crippen molar-refractivity contribution in [3.63, 3.8) is 0 Å². The number of fused-ring (bicyclic) bond motifs is 2. The summed E-state index contributed by atoms with van der Waals surface area (Å²) in [7, 11) is 0. The summed E-state index contributed by atoms with van der Waals surface area (Å²) < 4.78 is 11.6. The van der Waals surface area contributed by atoms with Gasteiger partial charge in [-0.05, 0) is 24.6 Å². The van der Waals surface area contributed by atoms with Crippen molar-refractivity contribution in [2.75, 3.05) is 13.2 Å². The van der Waals surface area contributed by atoms with Gasteiger partial charge in [-0.25, -0.2) is 0 Å². The number of aliphatic hydroxyl groups excluding tert-OH is 5. The molecule has 6 atom stereocenters. The first-order valence-electron chi connectivity index (χ1n) is 9.28. The Bertz CT molecular complexity index is 904. The summed E-state index contributed by atoms with van der Waals surface area (Å²) in [5.41, 5.74) is 0.782. The Morgan fingerprint density at radius 2 is 1.79 bits per heavy atom. The first-order chi connectivity index (χ1) is 13.7. The Kier molecular flexibility index (Phi) is 5.21. The molecule has 8 heteroatoms. The molecule has 0 aliphatic carbocycles. The van der Waals surface area contributed by atoms with Gasteiger partial charge in [-0.15, -0.1) is 0 Å². The van der Waals surface area contributed by atoms with E-state index < -0.39 is 42.4 Å². The van der Waals surface area contributed by atoms with Crippen LogP contribution in [0.25, 0.3) is 0 Å². The Labute approximate surface area is 172 Å². The second-order valence-corrected chi connectivity index (χ2v) is 8.12. The van der Waals surface area contributed by atoms with Crippen LogP contribution < -0.4 is 0 Å². The first-order valence-corrected chi connectivity index (χ1v) is 9.65. The van der Waals surface area contributed by atoms with Crippen molar-refractivity contribution in [1.29, 1.82) is 0 Å². The summed E-state index contributed by atoms with van der Waals surface area (Å²) in [6.45, 7) is 1.11. The fourth-order valence-corrected chi connectivity index (χ4v) is 4.19. The SMILES string of the molecule is Cc1ccc(C(O)c2cc([C@]34OC[C@](CO)(O3)[C@@H](O)[C@H](O)[C@H]4O)ccc2Cl)cc1. The van der Waals surface area contributed by atoms with Crippen molar-refractivity contribution in [1.82, 2.24) is 0 Å². The summed E-state index contributed by atoms with van der Waals surface area (Å²) in [4.78, 5) is 0. The standard InChI is InChI=1S/C21H23ClO7/c1-11-2-4-12(5-3-11)16(24)14-8-13(6-7-15(14)22)21-19(27)17(25)18(26)20(9-23,29-21)10-28-21/h2-8,16-19,23-27H,9-10H2,1H3/t16?,17-,18-,19+,20-,21-/m0/s1. The molecule has 29 heavy (non-hydrogen) atoms. The van der Waals surface area contributed by atoms with Gasteiger partial charge in [0.2, 0.25) is 5.79 Å². The van der Waals surface area contributed by atoms with Crippen LogP contribution in [0.3, 0.4) is 0 Å². The lowest BCUT2D eigenvalue weighted by molar-refractivity contribution is -0.329. The summed E-state index contributed by atoms with van der Waals surface area (Å²) in [5.74, 6) is -1.81. The maximum Gasteiger partial charge on any atom is 0.225 e. The number of ether oxygens (including phenoxy) is 2. The zero-order valence-electron chi connectivity index (χ0n) is 15.7. The van der Waals surface area contributed by atoms with E-state index in [1.54, 1.807) is 18.2 Å². The van der Waals surface area contributed by atoms with Crippen LogP contribution in [-0.2, 0) is 15.3 Å². The topological polar surface area (TPSA) is 120 Å². The lowest BCUT2D eigenvalue weighted by atomic mass is 9.83. The van der Waals surface area contributed by atoms with Gasteiger partial charge in [0.25, 0.3) is 0 Å². The third-order valence-corrected chi connectivity index (χ3v) is 6.16. The second kappa shape index (κ2) is 7.30. The van der Waals surface area contributed by atoms with Gasteiger partial charge in [-0.3, -0.25) is 0 Å². The third kappa shape index (κ3) is 3.10. The van der Waals surface area contributed by atoms with E-state index in [0.717, 1.165) is 5.56 Å². The summed E-state index contributed by atoms with van der Waals surface area (Å²) >= 11 is 6.32. The summed E-state index contributed by atoms with van der Waals surface area (Å²) in [6.07, 6.45) is -5.78. The molecule has 2 aromatic carbocycles. The smallest absolute Gasteiger partial charge is 0.225 e. The second-order valence-electron chi connectivity index (χ2n) is 7.71. The average Bonchev–Trinajstić information content (AvgIpc) is 3.11. The molecule has 0 saturated carbocycles. The zero-order chi connectivity index (χ0) is 21.0. The van der Waals surface area contributed by atoms with Crippen molar-refractivity contribution in [2.24, 2.45) is 0 Å². The van der Waals surface area contributed by atoms with Crippen LogP contribution >= 0.6 is 11.6 Å². The number of aryl methyl sites for hydroxylation is 1. The fraction of sp³-hybridized carbons (Fsp3) is 0.429. The van der Waals surface area contributed by atoms with Crippen LogP contribution in [0.15, 0.2) is 42.5 Å². The van der Waals surface area contributed by atoms with E-state index in [2.05, 4.69) is 0 Å². The van der Waals surface area contributed by atoms with Gasteiger partial charge >= 0.3 is 0 Å². The molecule has 2 aliphatic rings. The molecular weight excluding hydrogens is 400 g/mol. The molecule has 5 N–H and O–H groups in total. The lowest BCUT2D eigenvalue weighted by Gasteiger charge is -2.46. The molecule has 0 spiro atoms. The predicted molar refractivity (Wildman–Crippen MR) is 103 cm³/mol. The number of rotatable bonds is 4. The Morgan fingerprint density at radius 3 is 2.45 bits per heavy atom. The van der Waals surface area contributed by atoms with Crippen LogP contribution in [0.4, 0.5) is 0 Å². The van der Waals surface area contributed by atoms with Gasteiger partial charge in [0.1, 0.15) is 30.0 Å². The van der Waals surface area contributed by atoms with E-state index in [-0.39, 0.29) is 6.61 Å². The van der Waals surface area contributed by atoms with Crippen LogP contribution in [0, 0.1) is 6.92 Å². The van der Waals surface area contributed by atoms with Gasteiger partial charge in [0.15, 0.2) is 0 Å². The highest BCUT2D eigenvalue weighted by molar-refractivity contribution is 6.31. The van der Waals surface area contributed by atoms with Crippen LogP contribution in [0.2, 0.25) is 5.02 Å². The minimum atomic E-state index is -1.81. The van der Waals surface area contributed by atoms with Gasteiger partial charge < -0.3 is 35.0 Å². The maximum absolute atomic E-state index is 10.9. The monoisotopic (exact) mass is 422 g/mol. The van der Waals surface area contributed by atoms with E-state index >= 15 is 0 Å². The normalized spacial score (nSPS) is 34.9. The molecular formula is C21H23ClO7. The predicted octanol–water partition coefficient (Wildman–Crippen LogP) is 0.757. The summed E-state index contributed by atoms with van der Waals surface area (Å²) in [6, 6.07) is 11.9. The van der Waals surface area contributed by atoms with Crippen LogP contribution in [-0.4, -0.2) is 62.7 Å². The van der Waals surface area contributed by atoms with E-state index in [1.807, 2.05) is 19.1 Å². The van der Waals surface area contributed by atoms with Crippen molar-refractivity contribution in [3.05, 3.63) is 69.7 Å². The molecule has 2 fully saturated rings. The molecule has 0 aromatic heterocycles. The number of hydrogen-bond acceptors (Lipinski definition) is 7. The number of hydrogen-bond donors (Lipinski definition) is 5. The molecule has 4 rings (SSSR count). The molecule has 2 saturated heterocycles. The van der Waals surface area contributed by atoms with Crippen molar-refractivity contribution < 1.29 is 35.0 Å². The highest BCUT2D eigenvalue weighted by Crippen LogP contribution is 2.50. The first kappa shape index (κ1) is 20.7. The minimum Gasteiger partial charge on any atom is -0.393 e. The highest BCUT2D eigenvalue weighted by Gasteiger charge is 2.67. The molecule has 2 aliphatic heterocycles. The number of benzene rings is 2. The maximum atomic E-state index is 10.9. The van der Waals surface area contributed by atoms with Gasteiger partial charge in [-0.1, -0.05) is 47.5 Å². The molecule has 0 radical (unpaired) electrons. The van der Waals surface area contributed by atoms with Crippen LogP contribution in [0.1, 0.15) is 28.4 Å². The van der Waals surface area contributed by atoms with Crippen LogP contribution in [0.5, 0.6) is 0 Å². The average molecular weight is 423 g/mol. The molecule has 2 aromatic rings. The zero-order valence-corrected chi connectivity index (χ0v) is 16.5. The molecule has 0 amide bonds. The van der Waals surface area contributed by atoms with Gasteiger partial charge in [0.05, 0.1) is 13.2 Å². The molecule has 1 unspecified atom stereocenters. The van der Waals surface area contributed by atoms with Crippen molar-refractivity contribution in [2.45, 2.75) is 42.7 Å².